The molecule has 7 aliphatic rings. The molecule has 0 amide bonds. The molecule has 0 radical (unpaired) electrons. The smallest absolute Gasteiger partial charge is 0.320 e. The molecule has 1 saturated heterocycles. The first-order valence-corrected chi connectivity index (χ1v) is 13.3. The van der Waals surface area contributed by atoms with Crippen molar-refractivity contribution in [3.63, 3.8) is 0 Å². The van der Waals surface area contributed by atoms with E-state index in [1.54, 1.807) is 0 Å². The van der Waals surface area contributed by atoms with E-state index in [0.29, 0.717) is 35.8 Å². The van der Waals surface area contributed by atoms with Gasteiger partial charge in [0.15, 0.2) is 17.7 Å². The van der Waals surface area contributed by atoms with Gasteiger partial charge in [0.25, 0.3) is 0 Å². The predicted octanol–water partition coefficient (Wildman–Crippen LogP) is 3.71. The molecule has 5 saturated carbocycles. The molecule has 0 bridgehead atoms. The summed E-state index contributed by atoms with van der Waals surface area (Å²) in [6.07, 6.45) is 4.61. The van der Waals surface area contributed by atoms with Crippen molar-refractivity contribution in [2.75, 3.05) is 6.61 Å². The van der Waals surface area contributed by atoms with Crippen molar-refractivity contribution < 1.29 is 29.0 Å². The third-order valence-electron chi connectivity index (χ3n) is 11.1. The second-order valence-electron chi connectivity index (χ2n) is 14.4. The number of esters is 1. The summed E-state index contributed by atoms with van der Waals surface area (Å²) in [5.74, 6) is 0.0706. The van der Waals surface area contributed by atoms with Crippen molar-refractivity contribution in [3.05, 3.63) is 23.3 Å². The molecule has 1 heterocycles. The van der Waals surface area contributed by atoms with Crippen molar-refractivity contribution in [2.24, 2.45) is 39.9 Å². The molecule has 35 heavy (non-hydrogen) atoms. The highest BCUT2D eigenvalue weighted by molar-refractivity contribution is 6.13. The maximum absolute atomic E-state index is 14.0. The minimum Gasteiger partial charge on any atom is -0.460 e. The summed E-state index contributed by atoms with van der Waals surface area (Å²) in [5.41, 5.74) is -1.13. The van der Waals surface area contributed by atoms with Crippen LogP contribution >= 0.6 is 0 Å². The molecule has 6 nitrogen and oxygen atoms in total. The van der Waals surface area contributed by atoms with E-state index in [-0.39, 0.29) is 47.3 Å². The zero-order valence-electron chi connectivity index (χ0n) is 21.2. The van der Waals surface area contributed by atoms with Crippen LogP contribution in [0.4, 0.5) is 0 Å². The van der Waals surface area contributed by atoms with Crippen LogP contribution in [0.5, 0.6) is 0 Å². The van der Waals surface area contributed by atoms with E-state index in [2.05, 4.69) is 34.3 Å². The third kappa shape index (κ3) is 2.51. The van der Waals surface area contributed by atoms with Crippen LogP contribution in [-0.4, -0.2) is 46.6 Å². The van der Waals surface area contributed by atoms with Crippen molar-refractivity contribution in [3.8, 4) is 0 Å². The minimum atomic E-state index is -1.15. The predicted molar refractivity (Wildman–Crippen MR) is 126 cm³/mol. The molecule has 7 rings (SSSR count). The van der Waals surface area contributed by atoms with E-state index in [1.807, 2.05) is 0 Å². The normalized spacial score (nSPS) is 49.7. The van der Waals surface area contributed by atoms with E-state index in [9.17, 15) is 19.5 Å². The van der Waals surface area contributed by atoms with Crippen LogP contribution in [0.3, 0.4) is 0 Å². The van der Waals surface area contributed by atoms with Gasteiger partial charge in [0.2, 0.25) is 0 Å². The van der Waals surface area contributed by atoms with E-state index in [1.165, 1.54) is 0 Å². The van der Waals surface area contributed by atoms with Crippen molar-refractivity contribution >= 4 is 17.5 Å². The number of Topliss-reactive ketones (excluding diaryl/α,β-unsaturated/α-hetero) is 2. The third-order valence-corrected chi connectivity index (χ3v) is 11.1. The lowest BCUT2D eigenvalue weighted by Crippen LogP contribution is -2.47. The summed E-state index contributed by atoms with van der Waals surface area (Å²) >= 11 is 0. The van der Waals surface area contributed by atoms with Crippen LogP contribution in [0.25, 0.3) is 0 Å². The molecule has 0 unspecified atom stereocenters. The number of hydrogen-bond donors (Lipinski definition) is 1. The molecule has 0 aromatic heterocycles. The van der Waals surface area contributed by atoms with Gasteiger partial charge in [-0.2, -0.15) is 0 Å². The maximum atomic E-state index is 14.0. The monoisotopic (exact) mass is 480 g/mol. The van der Waals surface area contributed by atoms with Crippen LogP contribution in [0, 0.1) is 39.9 Å². The van der Waals surface area contributed by atoms with Crippen LogP contribution in [0.2, 0.25) is 0 Å². The zero-order valence-corrected chi connectivity index (χ0v) is 21.2. The second kappa shape index (κ2) is 6.19. The Hall–Kier alpha value is -1.79. The Labute approximate surface area is 206 Å². The molecule has 188 valence electrons. The summed E-state index contributed by atoms with van der Waals surface area (Å²) in [7, 11) is 0. The maximum Gasteiger partial charge on any atom is 0.320 e. The Kier molecular flexibility index (Phi) is 3.96. The fraction of sp³-hybridized carbons (Fsp3) is 0.759. The molecular weight excluding hydrogens is 444 g/mol. The van der Waals surface area contributed by atoms with Gasteiger partial charge in [-0.3, -0.25) is 14.4 Å². The first-order chi connectivity index (χ1) is 16.2. The second-order valence-corrected chi connectivity index (χ2v) is 14.4. The molecule has 1 spiro atoms. The summed E-state index contributed by atoms with van der Waals surface area (Å²) in [5, 5.41) is 11.4. The van der Waals surface area contributed by atoms with Crippen molar-refractivity contribution in [2.45, 2.75) is 89.9 Å². The topological polar surface area (TPSA) is 93.2 Å². The lowest BCUT2D eigenvalue weighted by Gasteiger charge is -2.35. The molecule has 8 atom stereocenters. The first kappa shape index (κ1) is 22.4. The van der Waals surface area contributed by atoms with Crippen molar-refractivity contribution in [1.29, 1.82) is 0 Å². The van der Waals surface area contributed by atoms with Crippen LogP contribution in [0.1, 0.15) is 72.6 Å². The van der Waals surface area contributed by atoms with Gasteiger partial charge in [0, 0.05) is 17.6 Å². The SMILES string of the molecule is C=C1C(=O)[C@H]2O[C@]23C[C@H]2CC(C)(C)C[C@H]2[C@]13C(=O)OCC1=C2[C@@H]3CC(C)(C)C[C@@H]3C[C@@]2(O)CC1=O. The lowest BCUT2D eigenvalue weighted by molar-refractivity contribution is -0.159. The molecule has 6 fully saturated rings. The van der Waals surface area contributed by atoms with E-state index in [4.69, 9.17) is 9.47 Å². The Morgan fingerprint density at radius 2 is 1.71 bits per heavy atom. The van der Waals surface area contributed by atoms with Crippen LogP contribution < -0.4 is 0 Å². The van der Waals surface area contributed by atoms with E-state index < -0.39 is 28.7 Å². The molecule has 0 aromatic carbocycles. The number of ether oxygens (including phenoxy) is 2. The van der Waals surface area contributed by atoms with Crippen LogP contribution in [0.15, 0.2) is 23.3 Å². The lowest BCUT2D eigenvalue weighted by atomic mass is 9.68. The van der Waals surface area contributed by atoms with Gasteiger partial charge in [0.1, 0.15) is 17.6 Å². The fourth-order valence-corrected chi connectivity index (χ4v) is 10.2. The molecule has 6 aliphatic carbocycles. The molecule has 6 heteroatoms. The Bertz CT molecular complexity index is 1160. The van der Waals surface area contributed by atoms with Gasteiger partial charge in [-0.05, 0) is 78.6 Å². The average Bonchev–Trinajstić information content (AvgIpc) is 2.89. The fourth-order valence-electron chi connectivity index (χ4n) is 10.2. The summed E-state index contributed by atoms with van der Waals surface area (Å²) < 4.78 is 12.0. The summed E-state index contributed by atoms with van der Waals surface area (Å²) in [6.45, 7) is 12.9. The van der Waals surface area contributed by atoms with E-state index >= 15 is 0 Å². The number of aliphatic hydroxyl groups is 1. The summed E-state index contributed by atoms with van der Waals surface area (Å²) in [4.78, 5) is 40.1. The number of ketones is 2. The van der Waals surface area contributed by atoms with Gasteiger partial charge in [-0.15, -0.1) is 0 Å². The number of epoxide rings is 1. The Balaban J connectivity index is 1.22. The average molecular weight is 481 g/mol. The minimum absolute atomic E-state index is 0.0330. The molecule has 0 aromatic rings. The van der Waals surface area contributed by atoms with Gasteiger partial charge >= 0.3 is 5.97 Å². The number of carbonyl (C=O) groups is 3. The van der Waals surface area contributed by atoms with Gasteiger partial charge in [-0.1, -0.05) is 34.3 Å². The first-order valence-electron chi connectivity index (χ1n) is 13.3. The quantitative estimate of drug-likeness (QED) is 0.376. The van der Waals surface area contributed by atoms with Gasteiger partial charge in [-0.25, -0.2) is 0 Å². The molecular formula is C29H36O6. The standard InChI is InChI=1S/C29H36O6/c1-14-22(31)23-28(35-23)9-16-7-26(4,5)11-19(16)29(14,28)24(32)34-13-18-20(30)12-27(33)8-15-6-25(2,3)10-17(15)21(18)27/h15-17,19,23,33H,1,6-13H2,2-5H3/t15-,16-,17-,19-,23-,27-,28-,29+/m1/s1. The molecule has 1 N–H and O–H groups in total. The number of hydrogen-bond acceptors (Lipinski definition) is 6. The molecule has 1 aliphatic heterocycles. The number of carbonyl (C=O) groups excluding carboxylic acids is 3. The number of rotatable bonds is 3. The highest BCUT2D eigenvalue weighted by atomic mass is 16.6. The highest BCUT2D eigenvalue weighted by Crippen LogP contribution is 2.77. The van der Waals surface area contributed by atoms with E-state index in [0.717, 1.165) is 31.3 Å². The van der Waals surface area contributed by atoms with Gasteiger partial charge < -0.3 is 14.6 Å². The largest absolute Gasteiger partial charge is 0.460 e. The van der Waals surface area contributed by atoms with Gasteiger partial charge in [0.05, 0.1) is 5.60 Å². The zero-order chi connectivity index (χ0) is 24.9. The number of fused-ring (bicyclic) bond motifs is 5. The van der Waals surface area contributed by atoms with Crippen molar-refractivity contribution in [1.82, 2.24) is 0 Å². The van der Waals surface area contributed by atoms with Crippen LogP contribution in [-0.2, 0) is 23.9 Å². The summed E-state index contributed by atoms with van der Waals surface area (Å²) in [6, 6.07) is 0. The highest BCUT2D eigenvalue weighted by Gasteiger charge is 2.88. The Morgan fingerprint density at radius 3 is 2.46 bits per heavy atom. The Morgan fingerprint density at radius 1 is 1.03 bits per heavy atom.